The first kappa shape index (κ1) is 22.0. The predicted molar refractivity (Wildman–Crippen MR) is 123 cm³/mol. The Hall–Kier alpha value is -2.67. The smallest absolute Gasteiger partial charge is 0.153 e. The molecule has 3 heterocycles. The van der Waals surface area contributed by atoms with Crippen LogP contribution in [0, 0.1) is 11.8 Å². The van der Waals surface area contributed by atoms with Crippen molar-refractivity contribution in [2.24, 2.45) is 11.8 Å². The summed E-state index contributed by atoms with van der Waals surface area (Å²) in [7, 11) is 0. The van der Waals surface area contributed by atoms with Crippen LogP contribution < -0.4 is 10.6 Å². The second-order valence-electron chi connectivity index (χ2n) is 8.33. The number of aromatic nitrogens is 4. The molecule has 0 aliphatic heterocycles. The van der Waals surface area contributed by atoms with Gasteiger partial charge in [-0.25, -0.2) is 4.98 Å². The van der Waals surface area contributed by atoms with Crippen molar-refractivity contribution in [3.05, 3.63) is 36.2 Å². The van der Waals surface area contributed by atoms with Crippen molar-refractivity contribution in [3.63, 3.8) is 0 Å². The van der Waals surface area contributed by atoms with Crippen molar-refractivity contribution in [2.75, 3.05) is 10.6 Å². The van der Waals surface area contributed by atoms with Crippen molar-refractivity contribution >= 4 is 28.4 Å². The first-order chi connectivity index (χ1) is 14.5. The molecule has 3 rings (SSSR count). The molecule has 0 radical (unpaired) electrons. The molecule has 3 aromatic rings. The minimum Gasteiger partial charge on any atom is -0.390 e. The van der Waals surface area contributed by atoms with Crippen LogP contribution in [0.4, 0.5) is 17.5 Å². The molecule has 7 nitrogen and oxygen atoms in total. The maximum atomic E-state index is 9.25. The number of hydrogen-bond donors (Lipinski definition) is 4. The Morgan fingerprint density at radius 3 is 2.43 bits per heavy atom. The third kappa shape index (κ3) is 5.69. The number of pyridine rings is 2. The number of aliphatic hydroxyl groups is 1. The van der Waals surface area contributed by atoms with E-state index >= 15 is 0 Å². The van der Waals surface area contributed by atoms with Crippen molar-refractivity contribution in [1.29, 1.82) is 0 Å². The number of aromatic amines is 1. The SMILES string of the molecule is CCC(C)CC(CC(C)CC)Nc1nc(Nc2cc(CO)[nH]n2)cc2ncccc12. The van der Waals surface area contributed by atoms with Gasteiger partial charge in [0.25, 0.3) is 0 Å². The van der Waals surface area contributed by atoms with Crippen LogP contribution in [0.25, 0.3) is 10.9 Å². The Morgan fingerprint density at radius 2 is 1.80 bits per heavy atom. The first-order valence-corrected chi connectivity index (χ1v) is 11.0. The fourth-order valence-electron chi connectivity index (χ4n) is 3.60. The lowest BCUT2D eigenvalue weighted by Crippen LogP contribution is -2.25. The summed E-state index contributed by atoms with van der Waals surface area (Å²) in [6.07, 6.45) is 6.36. The van der Waals surface area contributed by atoms with Crippen LogP contribution in [0.15, 0.2) is 30.5 Å². The Balaban J connectivity index is 1.91. The lowest BCUT2D eigenvalue weighted by atomic mass is 9.91. The Kier molecular flexibility index (Phi) is 7.63. The van der Waals surface area contributed by atoms with Gasteiger partial charge in [-0.2, -0.15) is 5.10 Å². The van der Waals surface area contributed by atoms with Crippen LogP contribution in [-0.4, -0.2) is 31.3 Å². The molecular weight excluding hydrogens is 376 g/mol. The monoisotopic (exact) mass is 410 g/mol. The van der Waals surface area contributed by atoms with Gasteiger partial charge in [0.2, 0.25) is 0 Å². The van der Waals surface area contributed by atoms with Gasteiger partial charge in [-0.1, -0.05) is 40.5 Å². The number of anilines is 3. The van der Waals surface area contributed by atoms with Crippen LogP contribution in [0.1, 0.15) is 59.1 Å². The van der Waals surface area contributed by atoms with Gasteiger partial charge < -0.3 is 15.7 Å². The molecule has 2 unspecified atom stereocenters. The highest BCUT2D eigenvalue weighted by molar-refractivity contribution is 5.91. The third-order valence-corrected chi connectivity index (χ3v) is 5.77. The van der Waals surface area contributed by atoms with Gasteiger partial charge in [-0.3, -0.25) is 10.1 Å². The van der Waals surface area contributed by atoms with Crippen LogP contribution in [0.5, 0.6) is 0 Å². The van der Waals surface area contributed by atoms with E-state index < -0.39 is 0 Å². The van der Waals surface area contributed by atoms with E-state index in [-0.39, 0.29) is 6.61 Å². The molecule has 0 amide bonds. The molecule has 162 valence electrons. The largest absolute Gasteiger partial charge is 0.390 e. The molecule has 0 saturated heterocycles. The average molecular weight is 411 g/mol. The summed E-state index contributed by atoms with van der Waals surface area (Å²) in [5, 5.41) is 24.2. The predicted octanol–water partition coefficient (Wildman–Crippen LogP) is 5.24. The molecule has 0 aromatic carbocycles. The molecule has 0 aliphatic carbocycles. The van der Waals surface area contributed by atoms with Gasteiger partial charge in [-0.15, -0.1) is 0 Å². The van der Waals surface area contributed by atoms with Crippen LogP contribution in [0.2, 0.25) is 0 Å². The molecule has 0 bridgehead atoms. The fourth-order valence-corrected chi connectivity index (χ4v) is 3.60. The summed E-state index contributed by atoms with van der Waals surface area (Å²) in [4.78, 5) is 9.40. The van der Waals surface area contributed by atoms with Gasteiger partial charge in [-0.05, 0) is 36.8 Å². The molecule has 0 fully saturated rings. The zero-order valence-corrected chi connectivity index (χ0v) is 18.4. The summed E-state index contributed by atoms with van der Waals surface area (Å²) in [6.45, 7) is 9.04. The number of hydrogen-bond acceptors (Lipinski definition) is 6. The van der Waals surface area contributed by atoms with Gasteiger partial charge in [0.1, 0.15) is 11.6 Å². The van der Waals surface area contributed by atoms with Crippen LogP contribution in [-0.2, 0) is 6.61 Å². The number of nitrogens with zero attached hydrogens (tertiary/aromatic N) is 3. The zero-order valence-electron chi connectivity index (χ0n) is 18.4. The number of aliphatic hydroxyl groups excluding tert-OH is 1. The van der Waals surface area contributed by atoms with E-state index in [1.807, 2.05) is 12.1 Å². The van der Waals surface area contributed by atoms with Gasteiger partial charge in [0, 0.05) is 29.8 Å². The molecule has 4 N–H and O–H groups in total. The summed E-state index contributed by atoms with van der Waals surface area (Å²) >= 11 is 0. The molecule has 7 heteroatoms. The van der Waals surface area contributed by atoms with Gasteiger partial charge >= 0.3 is 0 Å². The maximum Gasteiger partial charge on any atom is 0.153 e. The van der Waals surface area contributed by atoms with Crippen molar-refractivity contribution in [2.45, 2.75) is 66.0 Å². The molecule has 0 spiro atoms. The van der Waals surface area contributed by atoms with E-state index in [0.717, 1.165) is 29.6 Å². The van der Waals surface area contributed by atoms with E-state index in [2.05, 4.69) is 59.6 Å². The number of H-pyrrole nitrogens is 1. The maximum absolute atomic E-state index is 9.25. The Bertz CT molecular complexity index is 928. The standard InChI is InChI=1S/C23H34N6O/c1-5-15(3)10-17(11-16(4)6-2)25-23-19-8-7-9-24-20(19)13-21(27-23)26-22-12-18(14-30)28-29-22/h7-9,12-13,15-17,30H,5-6,10-11,14H2,1-4H3,(H3,25,26,27,28,29). The number of nitrogens with one attached hydrogen (secondary N) is 3. The zero-order chi connectivity index (χ0) is 21.5. The van der Waals surface area contributed by atoms with Crippen LogP contribution >= 0.6 is 0 Å². The quantitative estimate of drug-likeness (QED) is 0.345. The van der Waals surface area contributed by atoms with E-state index in [1.54, 1.807) is 12.3 Å². The van der Waals surface area contributed by atoms with E-state index in [9.17, 15) is 5.11 Å². The highest BCUT2D eigenvalue weighted by Gasteiger charge is 2.18. The van der Waals surface area contributed by atoms with Crippen LogP contribution in [0.3, 0.4) is 0 Å². The summed E-state index contributed by atoms with van der Waals surface area (Å²) in [5.74, 6) is 3.43. The first-order valence-electron chi connectivity index (χ1n) is 11.0. The minimum absolute atomic E-state index is 0.0822. The van der Waals surface area contributed by atoms with Crippen molar-refractivity contribution < 1.29 is 5.11 Å². The molecular formula is C23H34N6O. The fraction of sp³-hybridized carbons (Fsp3) is 0.522. The second-order valence-corrected chi connectivity index (χ2v) is 8.33. The topological polar surface area (TPSA) is 98.8 Å². The van der Waals surface area contributed by atoms with Gasteiger partial charge in [0.15, 0.2) is 5.82 Å². The third-order valence-electron chi connectivity index (χ3n) is 5.77. The van der Waals surface area contributed by atoms with E-state index in [0.29, 0.717) is 35.2 Å². The number of fused-ring (bicyclic) bond motifs is 1. The van der Waals surface area contributed by atoms with E-state index in [1.165, 1.54) is 12.8 Å². The molecule has 2 atom stereocenters. The molecule has 0 aliphatic rings. The van der Waals surface area contributed by atoms with E-state index in [4.69, 9.17) is 4.98 Å². The normalized spacial score (nSPS) is 14.4. The minimum atomic E-state index is -0.0822. The average Bonchev–Trinajstić information content (AvgIpc) is 3.21. The highest BCUT2D eigenvalue weighted by atomic mass is 16.3. The lowest BCUT2D eigenvalue weighted by molar-refractivity contribution is 0.276. The van der Waals surface area contributed by atoms with Crippen molar-refractivity contribution in [1.82, 2.24) is 20.2 Å². The van der Waals surface area contributed by atoms with Crippen molar-refractivity contribution in [3.8, 4) is 0 Å². The Morgan fingerprint density at radius 1 is 1.07 bits per heavy atom. The summed E-state index contributed by atoms with van der Waals surface area (Å²) in [6, 6.07) is 8.05. The van der Waals surface area contributed by atoms with Gasteiger partial charge in [0.05, 0.1) is 17.8 Å². The summed E-state index contributed by atoms with van der Waals surface area (Å²) in [5.41, 5.74) is 1.53. The molecule has 0 saturated carbocycles. The molecule has 30 heavy (non-hydrogen) atoms. The highest BCUT2D eigenvalue weighted by Crippen LogP contribution is 2.28. The Labute approximate surface area is 178 Å². The lowest BCUT2D eigenvalue weighted by Gasteiger charge is -2.25. The molecule has 3 aromatic heterocycles. The second kappa shape index (κ2) is 10.4. The number of rotatable bonds is 11. The summed E-state index contributed by atoms with van der Waals surface area (Å²) < 4.78 is 0.